The predicted molar refractivity (Wildman–Crippen MR) is 69.7 cm³/mol. The maximum atomic E-state index is 12.2. The van der Waals surface area contributed by atoms with E-state index in [-0.39, 0.29) is 11.5 Å². The molecule has 1 heterocycles. The summed E-state index contributed by atoms with van der Waals surface area (Å²) in [6, 6.07) is 8.05. The Labute approximate surface area is 111 Å². The topological polar surface area (TPSA) is 76.7 Å². The molecule has 19 heavy (non-hydrogen) atoms. The molecule has 5 nitrogen and oxygen atoms in total. The van der Waals surface area contributed by atoms with Gasteiger partial charge in [-0.25, -0.2) is 0 Å². The van der Waals surface area contributed by atoms with E-state index in [0.717, 1.165) is 12.3 Å². The van der Waals surface area contributed by atoms with Gasteiger partial charge in [0, 0.05) is 6.07 Å². The van der Waals surface area contributed by atoms with Crippen LogP contribution in [0.5, 0.6) is 11.5 Å². The van der Waals surface area contributed by atoms with Gasteiger partial charge in [0.2, 0.25) is 5.43 Å². The van der Waals surface area contributed by atoms with Crippen molar-refractivity contribution in [2.75, 3.05) is 7.11 Å². The van der Waals surface area contributed by atoms with Crippen molar-refractivity contribution < 1.29 is 18.5 Å². The van der Waals surface area contributed by atoms with Crippen molar-refractivity contribution in [2.45, 2.75) is 10.6 Å². The third kappa shape index (κ3) is 3.03. The lowest BCUT2D eigenvalue weighted by Gasteiger charge is -2.07. The molecular formula is C13H12O5S. The molecule has 0 radical (unpaired) electrons. The smallest absolute Gasteiger partial charge is 0.226 e. The Balaban J connectivity index is 2.25. The summed E-state index contributed by atoms with van der Waals surface area (Å²) in [5, 5.41) is 9.07. The standard InChI is InChI=1S/C13H12O5S/c1-17-12-4-2-3-5-13(12)19(16)8-9-6-10(14)11(15)7-18-9/h2-7,15H,8H2,1H3. The van der Waals surface area contributed by atoms with Gasteiger partial charge >= 0.3 is 0 Å². The first kappa shape index (κ1) is 13.4. The molecule has 0 spiro atoms. The minimum Gasteiger partial charge on any atom is -0.502 e. The lowest BCUT2D eigenvalue weighted by Crippen LogP contribution is -2.04. The van der Waals surface area contributed by atoms with Crippen LogP contribution in [0.1, 0.15) is 5.76 Å². The Hall–Kier alpha value is -2.08. The van der Waals surface area contributed by atoms with Crippen LogP contribution in [0.2, 0.25) is 0 Å². The molecule has 100 valence electrons. The van der Waals surface area contributed by atoms with Gasteiger partial charge in [0.15, 0.2) is 5.75 Å². The van der Waals surface area contributed by atoms with E-state index in [2.05, 4.69) is 0 Å². The molecular weight excluding hydrogens is 268 g/mol. The van der Waals surface area contributed by atoms with Gasteiger partial charge in [-0.05, 0) is 12.1 Å². The monoisotopic (exact) mass is 280 g/mol. The van der Waals surface area contributed by atoms with E-state index in [1.54, 1.807) is 24.3 Å². The lowest BCUT2D eigenvalue weighted by molar-refractivity contribution is 0.403. The first-order chi connectivity index (χ1) is 9.11. The molecule has 6 heteroatoms. The van der Waals surface area contributed by atoms with Crippen molar-refractivity contribution in [2.24, 2.45) is 0 Å². The van der Waals surface area contributed by atoms with E-state index in [1.165, 1.54) is 7.11 Å². The van der Waals surface area contributed by atoms with Crippen LogP contribution in [0.3, 0.4) is 0 Å². The highest BCUT2D eigenvalue weighted by molar-refractivity contribution is 7.84. The molecule has 1 aromatic carbocycles. The van der Waals surface area contributed by atoms with Crippen molar-refractivity contribution >= 4 is 10.8 Å². The zero-order valence-electron chi connectivity index (χ0n) is 10.2. The molecule has 0 amide bonds. The Morgan fingerprint density at radius 1 is 1.37 bits per heavy atom. The van der Waals surface area contributed by atoms with Crippen molar-refractivity contribution in [1.29, 1.82) is 0 Å². The number of aromatic hydroxyl groups is 1. The van der Waals surface area contributed by atoms with Gasteiger partial charge in [0.05, 0.1) is 28.6 Å². The number of methoxy groups -OCH3 is 1. The molecule has 0 saturated heterocycles. The van der Waals surface area contributed by atoms with Crippen molar-refractivity contribution in [1.82, 2.24) is 0 Å². The summed E-state index contributed by atoms with van der Waals surface area (Å²) in [7, 11) is 0.0968. The highest BCUT2D eigenvalue weighted by Gasteiger charge is 2.12. The van der Waals surface area contributed by atoms with E-state index in [0.29, 0.717) is 10.6 Å². The van der Waals surface area contributed by atoms with Crippen molar-refractivity contribution in [3.8, 4) is 11.5 Å². The third-order valence-corrected chi connectivity index (χ3v) is 3.83. The van der Waals surface area contributed by atoms with Gasteiger partial charge < -0.3 is 14.3 Å². The molecule has 0 aliphatic rings. The SMILES string of the molecule is COc1ccccc1S(=O)Cc1cc(=O)c(O)co1. The maximum absolute atomic E-state index is 12.2. The predicted octanol–water partition coefficient (Wildman–Crippen LogP) is 1.66. The molecule has 0 fully saturated rings. The Bertz CT molecular complexity index is 662. The first-order valence-corrected chi connectivity index (χ1v) is 6.76. The summed E-state index contributed by atoms with van der Waals surface area (Å²) >= 11 is 0. The van der Waals surface area contributed by atoms with E-state index in [9.17, 15) is 9.00 Å². The zero-order chi connectivity index (χ0) is 13.8. The van der Waals surface area contributed by atoms with Crippen LogP contribution in [0.25, 0.3) is 0 Å². The first-order valence-electron chi connectivity index (χ1n) is 5.44. The molecule has 2 aromatic rings. The minimum atomic E-state index is -1.40. The van der Waals surface area contributed by atoms with E-state index in [1.807, 2.05) is 0 Å². The summed E-state index contributed by atoms with van der Waals surface area (Å²) in [4.78, 5) is 11.8. The summed E-state index contributed by atoms with van der Waals surface area (Å²) < 4.78 is 22.3. The molecule has 1 aromatic heterocycles. The second-order valence-corrected chi connectivity index (χ2v) is 5.16. The highest BCUT2D eigenvalue weighted by Crippen LogP contribution is 2.23. The van der Waals surface area contributed by atoms with Crippen LogP contribution in [-0.4, -0.2) is 16.4 Å². The van der Waals surface area contributed by atoms with Gasteiger partial charge in [-0.1, -0.05) is 12.1 Å². The molecule has 0 aliphatic heterocycles. The van der Waals surface area contributed by atoms with Crippen LogP contribution in [0, 0.1) is 0 Å². The van der Waals surface area contributed by atoms with Gasteiger partial charge in [0.1, 0.15) is 17.8 Å². The summed E-state index contributed by atoms with van der Waals surface area (Å²) in [6.07, 6.45) is 0.942. The summed E-state index contributed by atoms with van der Waals surface area (Å²) in [5.74, 6) is 0.330. The van der Waals surface area contributed by atoms with Crippen LogP contribution in [0.15, 0.2) is 50.7 Å². The zero-order valence-corrected chi connectivity index (χ0v) is 11.0. The molecule has 2 rings (SSSR count). The van der Waals surface area contributed by atoms with Gasteiger partial charge in [-0.3, -0.25) is 9.00 Å². The number of hydrogen-bond acceptors (Lipinski definition) is 5. The molecule has 1 N–H and O–H groups in total. The average molecular weight is 280 g/mol. The molecule has 0 saturated carbocycles. The van der Waals surface area contributed by atoms with E-state index in [4.69, 9.17) is 14.3 Å². The summed E-state index contributed by atoms with van der Waals surface area (Å²) in [5.41, 5.74) is -0.557. The Kier molecular flexibility index (Phi) is 4.01. The molecule has 0 aliphatic carbocycles. The van der Waals surface area contributed by atoms with Crippen molar-refractivity contribution in [3.05, 3.63) is 52.6 Å². The molecule has 0 bridgehead atoms. The summed E-state index contributed by atoms with van der Waals surface area (Å²) in [6.45, 7) is 0. The second kappa shape index (κ2) is 5.71. The molecule has 1 unspecified atom stereocenters. The number of para-hydroxylation sites is 1. The van der Waals surface area contributed by atoms with Crippen LogP contribution < -0.4 is 10.2 Å². The van der Waals surface area contributed by atoms with Crippen molar-refractivity contribution in [3.63, 3.8) is 0 Å². The van der Waals surface area contributed by atoms with Gasteiger partial charge in [-0.15, -0.1) is 0 Å². The highest BCUT2D eigenvalue weighted by atomic mass is 32.2. The number of hydrogen-bond donors (Lipinski definition) is 1. The van der Waals surface area contributed by atoms with Crippen LogP contribution in [0.4, 0.5) is 0 Å². The molecule has 1 atom stereocenters. The number of benzene rings is 1. The fraction of sp³-hybridized carbons (Fsp3) is 0.154. The van der Waals surface area contributed by atoms with Crippen LogP contribution >= 0.6 is 0 Å². The largest absolute Gasteiger partial charge is 0.502 e. The maximum Gasteiger partial charge on any atom is 0.226 e. The Morgan fingerprint density at radius 3 is 2.79 bits per heavy atom. The lowest BCUT2D eigenvalue weighted by atomic mass is 10.3. The number of rotatable bonds is 4. The van der Waals surface area contributed by atoms with Gasteiger partial charge in [-0.2, -0.15) is 0 Å². The second-order valence-electron chi connectivity index (χ2n) is 3.74. The minimum absolute atomic E-state index is 0.0376. The third-order valence-electron chi connectivity index (χ3n) is 2.45. The average Bonchev–Trinajstić information content (AvgIpc) is 2.43. The fourth-order valence-corrected chi connectivity index (χ4v) is 2.70. The normalized spacial score (nSPS) is 12.1. The van der Waals surface area contributed by atoms with Crippen LogP contribution in [-0.2, 0) is 16.6 Å². The Morgan fingerprint density at radius 2 is 2.11 bits per heavy atom. The fourth-order valence-electron chi connectivity index (χ4n) is 1.53. The van der Waals surface area contributed by atoms with E-state index >= 15 is 0 Å². The van der Waals surface area contributed by atoms with E-state index < -0.39 is 22.0 Å². The quantitative estimate of drug-likeness (QED) is 0.921. The van der Waals surface area contributed by atoms with Gasteiger partial charge in [0.25, 0.3) is 0 Å². The number of ether oxygens (including phenoxy) is 1.